The van der Waals surface area contributed by atoms with E-state index in [1.807, 2.05) is 0 Å². The van der Waals surface area contributed by atoms with Gasteiger partial charge in [-0.15, -0.1) is 0 Å². The van der Waals surface area contributed by atoms with Gasteiger partial charge in [-0.2, -0.15) is 0 Å². The molecule has 356 valence electrons. The molecule has 0 aromatic heterocycles. The lowest BCUT2D eigenvalue weighted by atomic mass is 9.98. The van der Waals surface area contributed by atoms with Gasteiger partial charge in [0.05, 0.1) is 19.8 Å². The van der Waals surface area contributed by atoms with E-state index in [4.69, 9.17) is 28.4 Å². The topological polar surface area (TPSA) is 231 Å². The average molecular weight is 883 g/mol. The number of unbranched alkanes of at least 4 members (excludes halogenated alkanes) is 9. The minimum absolute atomic E-state index is 0.142. The standard InChI is InChI=1S/C47H78O15/c1-3-5-7-9-11-13-15-16-17-18-20-21-23-25-27-29-38(49)57-32-35(60-39(50)30-28-26-24-22-19-14-12-10-8-6-4-2)33-58-46-45(56)43(54)41(52)37(62-46)34-59-47-44(55)42(53)40(51)36(31-48)61-47/h5,7,10-13,16-17,20-21,35-37,40-48,51-56H,3-4,6,8-9,14-15,18-19,22-34H2,1-2H3/b7-5+,12-10+,13-11+,17-16+,21-20+/t35-,36-,37-,40+,41+,42?,43?,44?,45?,46-,47-/m1/s1. The molecule has 0 radical (unpaired) electrons. The monoisotopic (exact) mass is 883 g/mol. The van der Waals surface area contributed by atoms with Gasteiger partial charge in [0.15, 0.2) is 18.7 Å². The van der Waals surface area contributed by atoms with Crippen LogP contribution in [0.4, 0.5) is 0 Å². The molecule has 0 aromatic rings. The van der Waals surface area contributed by atoms with Crippen molar-refractivity contribution in [2.24, 2.45) is 0 Å². The van der Waals surface area contributed by atoms with Gasteiger partial charge in [0.25, 0.3) is 0 Å². The Morgan fingerprint density at radius 3 is 1.65 bits per heavy atom. The van der Waals surface area contributed by atoms with Crippen molar-refractivity contribution < 1.29 is 73.8 Å². The third-order valence-corrected chi connectivity index (χ3v) is 10.5. The second-order valence-corrected chi connectivity index (χ2v) is 15.8. The van der Waals surface area contributed by atoms with Gasteiger partial charge in [-0.1, -0.05) is 107 Å². The van der Waals surface area contributed by atoms with Gasteiger partial charge >= 0.3 is 11.9 Å². The quantitative estimate of drug-likeness (QED) is 0.0263. The van der Waals surface area contributed by atoms with Crippen LogP contribution in [-0.4, -0.2) is 142 Å². The molecule has 0 bridgehead atoms. The fraction of sp³-hybridized carbons (Fsp3) is 0.745. The number of carbonyl (C=O) groups is 2. The summed E-state index contributed by atoms with van der Waals surface area (Å²) in [6, 6.07) is 0. The predicted octanol–water partition coefficient (Wildman–Crippen LogP) is 4.92. The highest BCUT2D eigenvalue weighted by molar-refractivity contribution is 5.70. The van der Waals surface area contributed by atoms with Crippen LogP contribution >= 0.6 is 0 Å². The molecule has 0 amide bonds. The van der Waals surface area contributed by atoms with Crippen LogP contribution in [0.25, 0.3) is 0 Å². The summed E-state index contributed by atoms with van der Waals surface area (Å²) in [5.74, 6) is -0.993. The summed E-state index contributed by atoms with van der Waals surface area (Å²) in [6.07, 6.45) is 19.9. The fourth-order valence-electron chi connectivity index (χ4n) is 6.66. The maximum absolute atomic E-state index is 12.9. The van der Waals surface area contributed by atoms with E-state index in [1.165, 1.54) is 12.8 Å². The summed E-state index contributed by atoms with van der Waals surface area (Å²) in [5, 5.41) is 71.8. The number of aliphatic hydroxyl groups excluding tert-OH is 7. The summed E-state index contributed by atoms with van der Waals surface area (Å²) in [6.45, 7) is 2.34. The van der Waals surface area contributed by atoms with Crippen molar-refractivity contribution in [1.82, 2.24) is 0 Å². The highest BCUT2D eigenvalue weighted by Gasteiger charge is 2.47. The molecule has 2 aliphatic rings. The Kier molecular flexibility index (Phi) is 30.9. The summed E-state index contributed by atoms with van der Waals surface area (Å²) in [7, 11) is 0. The first kappa shape index (κ1) is 55.3. The normalized spacial score (nSPS) is 27.6. The molecule has 0 aliphatic carbocycles. The zero-order chi connectivity index (χ0) is 45.4. The van der Waals surface area contributed by atoms with Crippen molar-refractivity contribution in [1.29, 1.82) is 0 Å². The number of esters is 2. The number of ether oxygens (including phenoxy) is 6. The third-order valence-electron chi connectivity index (χ3n) is 10.5. The molecule has 0 spiro atoms. The molecule has 62 heavy (non-hydrogen) atoms. The van der Waals surface area contributed by atoms with Crippen molar-refractivity contribution in [3.63, 3.8) is 0 Å². The predicted molar refractivity (Wildman–Crippen MR) is 233 cm³/mol. The molecule has 2 fully saturated rings. The molecule has 2 rings (SSSR count). The molecular formula is C47H78O15. The van der Waals surface area contributed by atoms with E-state index in [-0.39, 0.29) is 19.4 Å². The number of hydrogen-bond acceptors (Lipinski definition) is 15. The first-order valence-electron chi connectivity index (χ1n) is 22.9. The molecule has 2 saturated heterocycles. The van der Waals surface area contributed by atoms with E-state index in [1.54, 1.807) is 0 Å². The Balaban J connectivity index is 1.88. The summed E-state index contributed by atoms with van der Waals surface area (Å²) in [4.78, 5) is 25.6. The molecule has 4 unspecified atom stereocenters. The van der Waals surface area contributed by atoms with Gasteiger partial charge in [0.2, 0.25) is 0 Å². The van der Waals surface area contributed by atoms with Gasteiger partial charge in [-0.05, 0) is 70.6 Å². The minimum Gasteiger partial charge on any atom is -0.462 e. The average Bonchev–Trinajstić information content (AvgIpc) is 3.26. The summed E-state index contributed by atoms with van der Waals surface area (Å²) in [5.41, 5.74) is 0. The largest absolute Gasteiger partial charge is 0.462 e. The maximum Gasteiger partial charge on any atom is 0.306 e. The third kappa shape index (κ3) is 23.2. The zero-order valence-electron chi connectivity index (χ0n) is 37.1. The van der Waals surface area contributed by atoms with Crippen molar-refractivity contribution >= 4 is 11.9 Å². The van der Waals surface area contributed by atoms with E-state index < -0.39 is 99.3 Å². The molecule has 15 heteroatoms. The van der Waals surface area contributed by atoms with E-state index in [0.717, 1.165) is 77.0 Å². The summed E-state index contributed by atoms with van der Waals surface area (Å²) < 4.78 is 33.4. The van der Waals surface area contributed by atoms with Crippen LogP contribution in [0, 0.1) is 0 Å². The number of rotatable bonds is 33. The fourth-order valence-corrected chi connectivity index (χ4v) is 6.66. The van der Waals surface area contributed by atoms with Gasteiger partial charge in [-0.25, -0.2) is 0 Å². The van der Waals surface area contributed by atoms with Crippen molar-refractivity contribution in [3.05, 3.63) is 60.8 Å². The Bertz CT molecular complexity index is 1320. The second-order valence-electron chi connectivity index (χ2n) is 15.8. The molecular weight excluding hydrogens is 805 g/mol. The number of hydrogen-bond donors (Lipinski definition) is 7. The van der Waals surface area contributed by atoms with Crippen LogP contribution in [0.3, 0.4) is 0 Å². The zero-order valence-corrected chi connectivity index (χ0v) is 37.1. The van der Waals surface area contributed by atoms with Crippen LogP contribution in [0.1, 0.15) is 129 Å². The van der Waals surface area contributed by atoms with E-state index >= 15 is 0 Å². The van der Waals surface area contributed by atoms with Crippen LogP contribution < -0.4 is 0 Å². The van der Waals surface area contributed by atoms with Crippen LogP contribution in [0.2, 0.25) is 0 Å². The molecule has 11 atom stereocenters. The van der Waals surface area contributed by atoms with Gasteiger partial charge in [0.1, 0.15) is 55.4 Å². The van der Waals surface area contributed by atoms with E-state index in [2.05, 4.69) is 74.6 Å². The van der Waals surface area contributed by atoms with E-state index in [0.29, 0.717) is 12.8 Å². The van der Waals surface area contributed by atoms with Gasteiger partial charge in [-0.3, -0.25) is 9.59 Å². The number of aliphatic hydroxyl groups is 7. The Morgan fingerprint density at radius 1 is 0.532 bits per heavy atom. The number of allylic oxidation sites excluding steroid dienone is 10. The maximum atomic E-state index is 12.9. The molecule has 0 aromatic carbocycles. The second kappa shape index (κ2) is 34.6. The Hall–Kier alpha value is -2.80. The first-order chi connectivity index (χ1) is 30.0. The highest BCUT2D eigenvalue weighted by atomic mass is 16.7. The molecule has 7 N–H and O–H groups in total. The molecule has 2 aliphatic heterocycles. The van der Waals surface area contributed by atoms with Crippen LogP contribution in [0.15, 0.2) is 60.8 Å². The molecule has 0 saturated carbocycles. The van der Waals surface area contributed by atoms with Crippen LogP contribution in [0.5, 0.6) is 0 Å². The SMILES string of the molecule is CC/C=C/C/C=C/C/C=C/C/C=C/CCCCC(=O)OC[C@H](CO[C@@H]1O[C@H](CO[C@@H]2O[C@H](CO)[C@H](O)C(O)C2O)[C@H](O)C(O)C1O)OC(=O)CCCCCCC/C=C/CCCC. The lowest BCUT2D eigenvalue weighted by Gasteiger charge is -2.42. The summed E-state index contributed by atoms with van der Waals surface area (Å²) >= 11 is 0. The highest BCUT2D eigenvalue weighted by Crippen LogP contribution is 2.26. The van der Waals surface area contributed by atoms with Crippen molar-refractivity contribution in [2.75, 3.05) is 26.4 Å². The number of carbonyl (C=O) groups excluding carboxylic acids is 2. The Morgan fingerprint density at radius 2 is 1.02 bits per heavy atom. The molecule has 2 heterocycles. The van der Waals surface area contributed by atoms with E-state index in [9.17, 15) is 45.3 Å². The van der Waals surface area contributed by atoms with Gasteiger partial charge < -0.3 is 64.2 Å². The van der Waals surface area contributed by atoms with Gasteiger partial charge in [0, 0.05) is 12.8 Å². The van der Waals surface area contributed by atoms with Crippen molar-refractivity contribution in [3.8, 4) is 0 Å². The smallest absolute Gasteiger partial charge is 0.306 e. The lowest BCUT2D eigenvalue weighted by Crippen LogP contribution is -2.61. The first-order valence-corrected chi connectivity index (χ1v) is 22.9. The van der Waals surface area contributed by atoms with Crippen LogP contribution in [-0.2, 0) is 38.0 Å². The van der Waals surface area contributed by atoms with Crippen molar-refractivity contribution in [2.45, 2.75) is 197 Å². The minimum atomic E-state index is -1.77. The molecule has 15 nitrogen and oxygen atoms in total. The lowest BCUT2D eigenvalue weighted by molar-refractivity contribution is -0.332. The Labute approximate surface area is 369 Å².